The van der Waals surface area contributed by atoms with E-state index in [9.17, 15) is 4.79 Å². The Bertz CT molecular complexity index is 728. The highest BCUT2D eigenvalue weighted by Crippen LogP contribution is 2.26. The zero-order valence-corrected chi connectivity index (χ0v) is 15.7. The highest BCUT2D eigenvalue weighted by atomic mass is 16.5. The maximum atomic E-state index is 12.2. The lowest BCUT2D eigenvalue weighted by atomic mass is 10.1. The lowest BCUT2D eigenvalue weighted by Gasteiger charge is -2.30. The van der Waals surface area contributed by atoms with Gasteiger partial charge in [0.25, 0.3) is 0 Å². The van der Waals surface area contributed by atoms with Crippen molar-refractivity contribution in [1.82, 2.24) is 5.32 Å². The Morgan fingerprint density at radius 3 is 2.59 bits per heavy atom. The number of anilines is 2. The van der Waals surface area contributed by atoms with Crippen LogP contribution in [0, 0.1) is 0 Å². The van der Waals surface area contributed by atoms with Crippen molar-refractivity contribution in [3.8, 4) is 5.75 Å². The zero-order chi connectivity index (χ0) is 18.9. The van der Waals surface area contributed by atoms with E-state index in [1.165, 1.54) is 5.56 Å². The molecule has 6 heteroatoms. The van der Waals surface area contributed by atoms with E-state index >= 15 is 0 Å². The molecule has 0 saturated carbocycles. The number of benzene rings is 2. The molecule has 1 saturated heterocycles. The molecule has 3 rings (SSSR count). The molecule has 0 aliphatic carbocycles. The maximum Gasteiger partial charge on any atom is 0.239 e. The predicted octanol–water partition coefficient (Wildman–Crippen LogP) is 2.30. The van der Waals surface area contributed by atoms with E-state index in [4.69, 9.17) is 9.47 Å². The quantitative estimate of drug-likeness (QED) is 0.748. The average Bonchev–Trinajstić information content (AvgIpc) is 2.73. The predicted molar refractivity (Wildman–Crippen MR) is 108 cm³/mol. The number of ether oxygens (including phenoxy) is 2. The molecular weight excluding hydrogens is 342 g/mol. The number of carbonyl (C=O) groups is 1. The van der Waals surface area contributed by atoms with Gasteiger partial charge in [-0.3, -0.25) is 4.79 Å². The molecule has 0 atom stereocenters. The second-order valence-electron chi connectivity index (χ2n) is 6.42. The SMILES string of the molecule is COc1ccc(CCNC(=O)CNc2ccccc2N2CCOCC2)cc1. The van der Waals surface area contributed by atoms with E-state index in [0.29, 0.717) is 6.54 Å². The van der Waals surface area contributed by atoms with Crippen LogP contribution >= 0.6 is 0 Å². The molecule has 0 radical (unpaired) electrons. The van der Waals surface area contributed by atoms with Crippen LogP contribution in [0.1, 0.15) is 5.56 Å². The molecule has 1 aliphatic heterocycles. The summed E-state index contributed by atoms with van der Waals surface area (Å²) in [7, 11) is 1.65. The molecule has 0 aromatic heterocycles. The summed E-state index contributed by atoms with van der Waals surface area (Å²) in [5.41, 5.74) is 3.26. The van der Waals surface area contributed by atoms with Gasteiger partial charge in [0.2, 0.25) is 5.91 Å². The van der Waals surface area contributed by atoms with Gasteiger partial charge in [-0.15, -0.1) is 0 Å². The van der Waals surface area contributed by atoms with Crippen LogP contribution in [0.3, 0.4) is 0 Å². The third kappa shape index (κ3) is 5.62. The summed E-state index contributed by atoms with van der Waals surface area (Å²) < 4.78 is 10.6. The normalized spacial score (nSPS) is 13.9. The number of amides is 1. The number of nitrogens with zero attached hydrogens (tertiary/aromatic N) is 1. The monoisotopic (exact) mass is 369 g/mol. The first-order chi connectivity index (χ1) is 13.3. The second-order valence-corrected chi connectivity index (χ2v) is 6.42. The molecule has 1 heterocycles. The van der Waals surface area contributed by atoms with E-state index < -0.39 is 0 Å². The fourth-order valence-electron chi connectivity index (χ4n) is 3.08. The first kappa shape index (κ1) is 19.0. The number of hydrogen-bond donors (Lipinski definition) is 2. The van der Waals surface area contributed by atoms with Gasteiger partial charge in [0, 0.05) is 19.6 Å². The molecule has 1 fully saturated rings. The van der Waals surface area contributed by atoms with E-state index in [1.54, 1.807) is 7.11 Å². The van der Waals surface area contributed by atoms with Crippen molar-refractivity contribution >= 4 is 17.3 Å². The molecule has 2 N–H and O–H groups in total. The van der Waals surface area contributed by atoms with Crippen LogP contribution in [0.5, 0.6) is 5.75 Å². The maximum absolute atomic E-state index is 12.2. The third-order valence-electron chi connectivity index (χ3n) is 4.59. The molecule has 1 amide bonds. The Morgan fingerprint density at radius 2 is 1.85 bits per heavy atom. The third-order valence-corrected chi connectivity index (χ3v) is 4.59. The van der Waals surface area contributed by atoms with Gasteiger partial charge in [0.15, 0.2) is 0 Å². The molecule has 27 heavy (non-hydrogen) atoms. The molecule has 144 valence electrons. The highest BCUT2D eigenvalue weighted by Gasteiger charge is 2.14. The highest BCUT2D eigenvalue weighted by molar-refractivity contribution is 5.82. The lowest BCUT2D eigenvalue weighted by molar-refractivity contribution is -0.119. The Morgan fingerprint density at radius 1 is 1.11 bits per heavy atom. The van der Waals surface area contributed by atoms with E-state index in [0.717, 1.165) is 49.8 Å². The van der Waals surface area contributed by atoms with Crippen LogP contribution in [-0.2, 0) is 16.0 Å². The van der Waals surface area contributed by atoms with Crippen LogP contribution in [0.25, 0.3) is 0 Å². The van der Waals surface area contributed by atoms with Gasteiger partial charge < -0.3 is 25.0 Å². The van der Waals surface area contributed by atoms with Crippen molar-refractivity contribution in [1.29, 1.82) is 0 Å². The van der Waals surface area contributed by atoms with Crippen LogP contribution in [0.4, 0.5) is 11.4 Å². The van der Waals surface area contributed by atoms with E-state index in [-0.39, 0.29) is 12.5 Å². The van der Waals surface area contributed by atoms with Gasteiger partial charge >= 0.3 is 0 Å². The topological polar surface area (TPSA) is 62.8 Å². The fraction of sp³-hybridized carbons (Fsp3) is 0.381. The first-order valence-electron chi connectivity index (χ1n) is 9.31. The van der Waals surface area contributed by atoms with Gasteiger partial charge in [0.05, 0.1) is 38.2 Å². The Hall–Kier alpha value is -2.73. The van der Waals surface area contributed by atoms with Crippen LogP contribution in [-0.4, -0.2) is 52.4 Å². The summed E-state index contributed by atoms with van der Waals surface area (Å²) in [6, 6.07) is 16.0. The van der Waals surface area contributed by atoms with Crippen molar-refractivity contribution in [2.75, 3.05) is 56.7 Å². The van der Waals surface area contributed by atoms with E-state index in [1.807, 2.05) is 42.5 Å². The largest absolute Gasteiger partial charge is 0.497 e. The van der Waals surface area contributed by atoms with Crippen molar-refractivity contribution in [2.24, 2.45) is 0 Å². The molecule has 0 spiro atoms. The molecular formula is C21H27N3O3. The number of morpholine rings is 1. The van der Waals surface area contributed by atoms with Gasteiger partial charge in [0.1, 0.15) is 5.75 Å². The van der Waals surface area contributed by atoms with Crippen LogP contribution < -0.4 is 20.3 Å². The van der Waals surface area contributed by atoms with Gasteiger partial charge in [-0.05, 0) is 36.2 Å². The number of carbonyl (C=O) groups excluding carboxylic acids is 1. The number of hydrogen-bond acceptors (Lipinski definition) is 5. The minimum Gasteiger partial charge on any atom is -0.497 e. The summed E-state index contributed by atoms with van der Waals surface area (Å²) >= 11 is 0. The smallest absolute Gasteiger partial charge is 0.239 e. The molecule has 2 aromatic carbocycles. The lowest BCUT2D eigenvalue weighted by Crippen LogP contribution is -2.37. The summed E-state index contributed by atoms with van der Waals surface area (Å²) in [4.78, 5) is 14.5. The molecule has 2 aromatic rings. The van der Waals surface area contributed by atoms with Gasteiger partial charge in [-0.1, -0.05) is 24.3 Å². The van der Waals surface area contributed by atoms with Crippen LogP contribution in [0.2, 0.25) is 0 Å². The standard InChI is InChI=1S/C21H27N3O3/c1-26-18-8-6-17(7-9-18)10-11-22-21(25)16-23-19-4-2-3-5-20(19)24-12-14-27-15-13-24/h2-9,23H,10-16H2,1H3,(H,22,25). The van der Waals surface area contributed by atoms with Gasteiger partial charge in [-0.25, -0.2) is 0 Å². The average molecular weight is 369 g/mol. The van der Waals surface area contributed by atoms with Gasteiger partial charge in [-0.2, -0.15) is 0 Å². The summed E-state index contributed by atoms with van der Waals surface area (Å²) in [6.45, 7) is 4.07. The fourth-order valence-corrected chi connectivity index (χ4v) is 3.08. The molecule has 6 nitrogen and oxygen atoms in total. The van der Waals surface area contributed by atoms with E-state index in [2.05, 4.69) is 21.6 Å². The Labute approximate surface area is 160 Å². The summed E-state index contributed by atoms with van der Waals surface area (Å²) in [5, 5.41) is 6.23. The van der Waals surface area contributed by atoms with Crippen LogP contribution in [0.15, 0.2) is 48.5 Å². The molecule has 1 aliphatic rings. The first-order valence-corrected chi connectivity index (χ1v) is 9.31. The number of nitrogens with one attached hydrogen (secondary N) is 2. The number of para-hydroxylation sites is 2. The molecule has 0 bridgehead atoms. The summed E-state index contributed by atoms with van der Waals surface area (Å²) in [5.74, 6) is 0.825. The minimum atomic E-state index is -0.0136. The number of methoxy groups -OCH3 is 1. The van der Waals surface area contributed by atoms with Crippen molar-refractivity contribution in [2.45, 2.75) is 6.42 Å². The van der Waals surface area contributed by atoms with Crippen molar-refractivity contribution in [3.05, 3.63) is 54.1 Å². The Kier molecular flexibility index (Phi) is 6.93. The zero-order valence-electron chi connectivity index (χ0n) is 15.7. The minimum absolute atomic E-state index is 0.0136. The van der Waals surface area contributed by atoms with Crippen molar-refractivity contribution < 1.29 is 14.3 Å². The summed E-state index contributed by atoms with van der Waals surface area (Å²) in [6.07, 6.45) is 0.792. The second kappa shape index (κ2) is 9.83. The number of rotatable bonds is 8. The van der Waals surface area contributed by atoms with Crippen molar-refractivity contribution in [3.63, 3.8) is 0 Å². The molecule has 0 unspecified atom stereocenters. The Balaban J connectivity index is 1.45.